The molecule has 2 heterocycles. The standard InChI is InChI=1S/C21H22N4O4/c26-21(22-8-10-23-9-7-16-3-1-2-4-18(16)23)17-5-6-19(20(15-17)25(27)28)24-11-13-29-14-12-24/h1-7,9,15H,8,10-14H2,(H,22,26). The number of hydrogen-bond donors (Lipinski definition) is 1. The van der Waals surface area contributed by atoms with Crippen molar-refractivity contribution in [3.05, 3.63) is 70.4 Å². The molecule has 2 aromatic carbocycles. The Bertz CT molecular complexity index is 1040. The third-order valence-electron chi connectivity index (χ3n) is 5.10. The highest BCUT2D eigenvalue weighted by Crippen LogP contribution is 2.29. The predicted molar refractivity (Wildman–Crippen MR) is 110 cm³/mol. The third kappa shape index (κ3) is 4.07. The maximum absolute atomic E-state index is 12.5. The van der Waals surface area contributed by atoms with Gasteiger partial charge in [0, 0.05) is 49.5 Å². The summed E-state index contributed by atoms with van der Waals surface area (Å²) >= 11 is 0. The van der Waals surface area contributed by atoms with Crippen LogP contribution in [0, 0.1) is 10.1 Å². The van der Waals surface area contributed by atoms with Crippen molar-refractivity contribution >= 4 is 28.2 Å². The molecule has 0 bridgehead atoms. The highest BCUT2D eigenvalue weighted by Gasteiger charge is 2.23. The number of nitrogens with one attached hydrogen (secondary N) is 1. The van der Waals surface area contributed by atoms with Crippen LogP contribution in [-0.2, 0) is 11.3 Å². The summed E-state index contributed by atoms with van der Waals surface area (Å²) in [7, 11) is 0. The van der Waals surface area contributed by atoms with Gasteiger partial charge in [0.25, 0.3) is 11.6 Å². The molecule has 4 rings (SSSR count). The molecule has 1 fully saturated rings. The van der Waals surface area contributed by atoms with E-state index < -0.39 is 4.92 Å². The van der Waals surface area contributed by atoms with E-state index in [1.165, 1.54) is 6.07 Å². The minimum atomic E-state index is -0.437. The normalized spacial score (nSPS) is 14.1. The summed E-state index contributed by atoms with van der Waals surface area (Å²) in [6.07, 6.45) is 1.98. The molecule has 1 amide bonds. The maximum Gasteiger partial charge on any atom is 0.293 e. The molecule has 1 N–H and O–H groups in total. The number of para-hydroxylation sites is 1. The highest BCUT2D eigenvalue weighted by atomic mass is 16.6. The molecule has 1 aromatic heterocycles. The van der Waals surface area contributed by atoms with Gasteiger partial charge in [0.15, 0.2) is 0 Å². The van der Waals surface area contributed by atoms with E-state index in [0.29, 0.717) is 45.1 Å². The molecular formula is C21H22N4O4. The molecule has 3 aromatic rings. The van der Waals surface area contributed by atoms with Gasteiger partial charge in [0.05, 0.1) is 18.1 Å². The zero-order valence-electron chi connectivity index (χ0n) is 15.9. The van der Waals surface area contributed by atoms with Crippen molar-refractivity contribution < 1.29 is 14.5 Å². The molecular weight excluding hydrogens is 372 g/mol. The van der Waals surface area contributed by atoms with E-state index in [0.717, 1.165) is 10.9 Å². The fourth-order valence-electron chi connectivity index (χ4n) is 3.61. The summed E-state index contributed by atoms with van der Waals surface area (Å²) in [5, 5.41) is 15.5. The van der Waals surface area contributed by atoms with Crippen molar-refractivity contribution in [2.75, 3.05) is 37.7 Å². The minimum Gasteiger partial charge on any atom is -0.378 e. The molecule has 0 atom stereocenters. The second-order valence-corrected chi connectivity index (χ2v) is 6.88. The number of carbonyl (C=O) groups is 1. The van der Waals surface area contributed by atoms with Crippen LogP contribution >= 0.6 is 0 Å². The molecule has 150 valence electrons. The van der Waals surface area contributed by atoms with E-state index in [1.807, 2.05) is 41.4 Å². The number of nitro benzene ring substituents is 1. The quantitative estimate of drug-likeness (QED) is 0.513. The number of nitro groups is 1. The van der Waals surface area contributed by atoms with Gasteiger partial charge in [-0.3, -0.25) is 14.9 Å². The number of anilines is 1. The topological polar surface area (TPSA) is 89.6 Å². The molecule has 0 radical (unpaired) electrons. The first-order valence-corrected chi connectivity index (χ1v) is 9.57. The second-order valence-electron chi connectivity index (χ2n) is 6.88. The summed E-state index contributed by atoms with van der Waals surface area (Å²) in [5.41, 5.74) is 1.85. The fraction of sp³-hybridized carbons (Fsp3) is 0.286. The first-order chi connectivity index (χ1) is 14.1. The van der Waals surface area contributed by atoms with Gasteiger partial charge in [-0.15, -0.1) is 0 Å². The summed E-state index contributed by atoms with van der Waals surface area (Å²) in [5.74, 6) is -0.321. The van der Waals surface area contributed by atoms with Gasteiger partial charge >= 0.3 is 0 Å². The van der Waals surface area contributed by atoms with Gasteiger partial charge in [0.1, 0.15) is 5.69 Å². The van der Waals surface area contributed by atoms with Gasteiger partial charge in [-0.25, -0.2) is 0 Å². The second kappa shape index (κ2) is 8.32. The maximum atomic E-state index is 12.5. The van der Waals surface area contributed by atoms with E-state index in [4.69, 9.17) is 4.74 Å². The molecule has 0 unspecified atom stereocenters. The van der Waals surface area contributed by atoms with Crippen molar-refractivity contribution in [2.24, 2.45) is 0 Å². The van der Waals surface area contributed by atoms with E-state index in [2.05, 4.69) is 9.88 Å². The van der Waals surface area contributed by atoms with E-state index >= 15 is 0 Å². The van der Waals surface area contributed by atoms with E-state index in [9.17, 15) is 14.9 Å². The van der Waals surface area contributed by atoms with Crippen molar-refractivity contribution in [3.63, 3.8) is 0 Å². The smallest absolute Gasteiger partial charge is 0.293 e. The summed E-state index contributed by atoms with van der Waals surface area (Å²) < 4.78 is 7.38. The van der Waals surface area contributed by atoms with Crippen molar-refractivity contribution in [1.29, 1.82) is 0 Å². The van der Waals surface area contributed by atoms with Crippen LogP contribution in [0.1, 0.15) is 10.4 Å². The number of rotatable bonds is 6. The third-order valence-corrected chi connectivity index (χ3v) is 5.10. The lowest BCUT2D eigenvalue weighted by molar-refractivity contribution is -0.384. The number of hydrogen-bond acceptors (Lipinski definition) is 5. The number of aromatic nitrogens is 1. The molecule has 0 spiro atoms. The zero-order chi connectivity index (χ0) is 20.2. The van der Waals surface area contributed by atoms with Crippen LogP contribution in [0.25, 0.3) is 10.9 Å². The van der Waals surface area contributed by atoms with Gasteiger partial charge in [-0.2, -0.15) is 0 Å². The first kappa shape index (κ1) is 18.9. The Morgan fingerprint density at radius 2 is 1.93 bits per heavy atom. The molecule has 8 heteroatoms. The van der Waals surface area contributed by atoms with Crippen LogP contribution in [-0.4, -0.2) is 48.2 Å². The number of amides is 1. The van der Waals surface area contributed by atoms with Gasteiger partial charge in [0.2, 0.25) is 0 Å². The number of fused-ring (bicyclic) bond motifs is 1. The SMILES string of the molecule is O=C(NCCn1ccc2ccccc21)c1ccc(N2CCOCC2)c([N+](=O)[O-])c1. The average Bonchev–Trinajstić information content (AvgIpc) is 3.17. The highest BCUT2D eigenvalue weighted by molar-refractivity contribution is 5.95. The van der Waals surface area contributed by atoms with Crippen LogP contribution < -0.4 is 10.2 Å². The van der Waals surface area contributed by atoms with Gasteiger partial charge in [-0.05, 0) is 29.7 Å². The molecule has 29 heavy (non-hydrogen) atoms. The monoisotopic (exact) mass is 394 g/mol. The van der Waals surface area contributed by atoms with Crippen LogP contribution in [0.15, 0.2) is 54.7 Å². The summed E-state index contributed by atoms with van der Waals surface area (Å²) in [6, 6.07) is 14.7. The molecule has 0 aliphatic carbocycles. The molecule has 1 aliphatic heterocycles. The first-order valence-electron chi connectivity index (χ1n) is 9.57. The van der Waals surface area contributed by atoms with Crippen molar-refractivity contribution in [2.45, 2.75) is 6.54 Å². The molecule has 0 saturated carbocycles. The zero-order valence-corrected chi connectivity index (χ0v) is 15.9. The Kier molecular flexibility index (Phi) is 5.44. The average molecular weight is 394 g/mol. The van der Waals surface area contributed by atoms with E-state index in [1.54, 1.807) is 12.1 Å². The lowest BCUT2D eigenvalue weighted by atomic mass is 10.1. The lowest BCUT2D eigenvalue weighted by Gasteiger charge is -2.28. The predicted octanol–water partition coefficient (Wildman–Crippen LogP) is 2.82. The fourth-order valence-corrected chi connectivity index (χ4v) is 3.61. The lowest BCUT2D eigenvalue weighted by Crippen LogP contribution is -2.36. The Labute approximate surface area is 167 Å². The number of nitrogens with zero attached hydrogens (tertiary/aromatic N) is 3. The largest absolute Gasteiger partial charge is 0.378 e. The molecule has 8 nitrogen and oxygen atoms in total. The van der Waals surface area contributed by atoms with Crippen LogP contribution in [0.3, 0.4) is 0 Å². The van der Waals surface area contributed by atoms with Gasteiger partial charge in [-0.1, -0.05) is 18.2 Å². The Hall–Kier alpha value is -3.39. The Morgan fingerprint density at radius 3 is 2.72 bits per heavy atom. The summed E-state index contributed by atoms with van der Waals surface area (Å²) in [6.45, 7) is 3.30. The Morgan fingerprint density at radius 1 is 1.14 bits per heavy atom. The van der Waals surface area contributed by atoms with E-state index in [-0.39, 0.29) is 17.2 Å². The Balaban J connectivity index is 1.44. The van der Waals surface area contributed by atoms with Crippen molar-refractivity contribution in [1.82, 2.24) is 9.88 Å². The number of ether oxygens (including phenoxy) is 1. The number of carbonyl (C=O) groups excluding carboxylic acids is 1. The van der Waals surface area contributed by atoms with Crippen molar-refractivity contribution in [3.8, 4) is 0 Å². The number of morpholine rings is 1. The van der Waals surface area contributed by atoms with Crippen LogP contribution in [0.2, 0.25) is 0 Å². The summed E-state index contributed by atoms with van der Waals surface area (Å²) in [4.78, 5) is 25.5. The number of benzene rings is 2. The van der Waals surface area contributed by atoms with Crippen LogP contribution in [0.5, 0.6) is 0 Å². The molecule has 1 aliphatic rings. The van der Waals surface area contributed by atoms with Crippen LogP contribution in [0.4, 0.5) is 11.4 Å². The minimum absolute atomic E-state index is 0.0593. The molecule has 1 saturated heterocycles. The van der Waals surface area contributed by atoms with Gasteiger partial charge < -0.3 is 19.5 Å².